The highest BCUT2D eigenvalue weighted by Crippen LogP contribution is 2.64. The van der Waals surface area contributed by atoms with E-state index in [9.17, 15) is 0 Å². The molecule has 1 atom stereocenters. The number of nitrogens with zero attached hydrogens (tertiary/aromatic N) is 2. The van der Waals surface area contributed by atoms with E-state index in [1.165, 1.54) is 127 Å². The fourth-order valence-corrected chi connectivity index (χ4v) is 14.6. The van der Waals surface area contributed by atoms with Crippen LogP contribution in [-0.2, 0) is 10.8 Å². The number of benzene rings is 12. The van der Waals surface area contributed by atoms with Crippen LogP contribution in [0, 0.1) is 0 Å². The zero-order valence-electron chi connectivity index (χ0n) is 40.3. The minimum Gasteiger partial charge on any atom is -0.310 e. The highest BCUT2D eigenvalue weighted by atomic mass is 15.1. The summed E-state index contributed by atoms with van der Waals surface area (Å²) in [5.74, 6) is 0. The molecule has 0 bridgehead atoms. The van der Waals surface area contributed by atoms with Crippen LogP contribution in [0.2, 0.25) is 0 Å². The second kappa shape index (κ2) is 14.6. The SMILES string of the molecule is c1cc(-c2ccc3c(c2)C2(c4ccccc4-3)c3ccccc3-n3c4ccccc4c4cccc2c43)cc(N(c2ccc3c(c2)C2(c4ccccc4-c4ccccc42)c2ccccc2-3)c2cccc3ccccc23)c1. The van der Waals surface area contributed by atoms with Crippen LogP contribution in [0.3, 0.4) is 0 Å². The highest BCUT2D eigenvalue weighted by molar-refractivity contribution is 6.13. The zero-order chi connectivity index (χ0) is 48.3. The van der Waals surface area contributed by atoms with Gasteiger partial charge < -0.3 is 9.47 Å². The fourth-order valence-electron chi connectivity index (χ4n) is 14.6. The molecule has 2 heterocycles. The van der Waals surface area contributed by atoms with E-state index >= 15 is 0 Å². The topological polar surface area (TPSA) is 8.17 Å². The van der Waals surface area contributed by atoms with Crippen LogP contribution in [-0.4, -0.2) is 4.57 Å². The normalized spacial score (nSPS) is 15.5. The van der Waals surface area contributed by atoms with Crippen LogP contribution in [0.1, 0.15) is 44.5 Å². The van der Waals surface area contributed by atoms with Crippen molar-refractivity contribution in [2.75, 3.05) is 4.90 Å². The molecule has 0 fully saturated rings. The Labute approximate surface area is 429 Å². The third-order valence-electron chi connectivity index (χ3n) is 17.4. The first kappa shape index (κ1) is 40.1. The van der Waals surface area contributed by atoms with Crippen LogP contribution >= 0.6 is 0 Å². The van der Waals surface area contributed by atoms with Crippen molar-refractivity contribution < 1.29 is 0 Å². The van der Waals surface area contributed by atoms with Crippen LogP contribution in [0.15, 0.2) is 267 Å². The van der Waals surface area contributed by atoms with Crippen molar-refractivity contribution in [3.05, 3.63) is 311 Å². The molecule has 342 valence electrons. The molecule has 1 unspecified atom stereocenters. The number of anilines is 3. The molecule has 17 rings (SSSR count). The van der Waals surface area contributed by atoms with Gasteiger partial charge in [0.2, 0.25) is 0 Å². The molecule has 4 aliphatic rings. The van der Waals surface area contributed by atoms with Crippen LogP contribution in [0.5, 0.6) is 0 Å². The van der Waals surface area contributed by atoms with Crippen molar-refractivity contribution in [2.45, 2.75) is 10.8 Å². The molecule has 1 aliphatic heterocycles. The van der Waals surface area contributed by atoms with Crippen molar-refractivity contribution >= 4 is 49.6 Å². The summed E-state index contributed by atoms with van der Waals surface area (Å²) >= 11 is 0. The minimum absolute atomic E-state index is 0.463. The Kier molecular flexibility index (Phi) is 7.90. The largest absolute Gasteiger partial charge is 0.310 e. The lowest BCUT2D eigenvalue weighted by atomic mass is 9.65. The number of fused-ring (bicyclic) bond motifs is 23. The molecule has 0 saturated heterocycles. The maximum absolute atomic E-state index is 2.53. The molecule has 2 spiro atoms. The molecule has 1 aromatic heterocycles. The van der Waals surface area contributed by atoms with Gasteiger partial charge in [0, 0.05) is 27.5 Å². The average molecular weight is 937 g/mol. The number of rotatable bonds is 4. The summed E-state index contributed by atoms with van der Waals surface area (Å²) in [6, 6.07) is 101. The van der Waals surface area contributed by atoms with E-state index in [0.29, 0.717) is 0 Å². The van der Waals surface area contributed by atoms with Crippen molar-refractivity contribution in [2.24, 2.45) is 0 Å². The van der Waals surface area contributed by atoms with Gasteiger partial charge in [0.1, 0.15) is 0 Å². The predicted octanol–water partition coefficient (Wildman–Crippen LogP) is 18.1. The molecular formula is C72H44N2. The number of hydrogen-bond donors (Lipinski definition) is 0. The summed E-state index contributed by atoms with van der Waals surface area (Å²) in [4.78, 5) is 2.51. The van der Waals surface area contributed by atoms with Gasteiger partial charge in [0.25, 0.3) is 0 Å². The van der Waals surface area contributed by atoms with Gasteiger partial charge in [0.15, 0.2) is 0 Å². The summed E-state index contributed by atoms with van der Waals surface area (Å²) < 4.78 is 2.53. The third kappa shape index (κ3) is 4.91. The Bertz CT molecular complexity index is 4520. The van der Waals surface area contributed by atoms with Gasteiger partial charge in [-0.25, -0.2) is 0 Å². The summed E-state index contributed by atoms with van der Waals surface area (Å²) in [6.45, 7) is 0. The first-order chi connectivity index (χ1) is 36.7. The zero-order valence-corrected chi connectivity index (χ0v) is 40.3. The second-order valence-electron chi connectivity index (χ2n) is 20.6. The molecular weight excluding hydrogens is 893 g/mol. The van der Waals surface area contributed by atoms with E-state index in [2.05, 4.69) is 276 Å². The van der Waals surface area contributed by atoms with E-state index in [-0.39, 0.29) is 0 Å². The van der Waals surface area contributed by atoms with Gasteiger partial charge in [-0.15, -0.1) is 0 Å². The number of aromatic nitrogens is 1. The summed E-state index contributed by atoms with van der Waals surface area (Å²) in [6.07, 6.45) is 0. The molecule has 0 N–H and O–H groups in total. The second-order valence-corrected chi connectivity index (χ2v) is 20.6. The molecule has 12 aromatic carbocycles. The van der Waals surface area contributed by atoms with Crippen molar-refractivity contribution in [3.63, 3.8) is 0 Å². The van der Waals surface area contributed by atoms with E-state index in [1.54, 1.807) is 0 Å². The van der Waals surface area contributed by atoms with Gasteiger partial charge >= 0.3 is 0 Å². The lowest BCUT2D eigenvalue weighted by Gasteiger charge is -2.39. The monoisotopic (exact) mass is 936 g/mol. The lowest BCUT2D eigenvalue weighted by molar-refractivity contribution is 0.749. The highest BCUT2D eigenvalue weighted by Gasteiger charge is 2.53. The molecule has 0 amide bonds. The molecule has 74 heavy (non-hydrogen) atoms. The third-order valence-corrected chi connectivity index (χ3v) is 17.4. The Hall–Kier alpha value is -9.50. The number of para-hydroxylation sites is 3. The Balaban J connectivity index is 0.893. The minimum atomic E-state index is -0.537. The van der Waals surface area contributed by atoms with E-state index in [1.807, 2.05) is 0 Å². The van der Waals surface area contributed by atoms with Crippen LogP contribution < -0.4 is 4.90 Å². The van der Waals surface area contributed by atoms with Crippen LogP contribution in [0.25, 0.3) is 82.8 Å². The summed E-state index contributed by atoms with van der Waals surface area (Å²) in [7, 11) is 0. The van der Waals surface area contributed by atoms with Crippen molar-refractivity contribution in [1.82, 2.24) is 4.57 Å². The summed E-state index contributed by atoms with van der Waals surface area (Å²) in [5.41, 5.74) is 26.9. The fraction of sp³-hybridized carbons (Fsp3) is 0.0278. The van der Waals surface area contributed by atoms with E-state index < -0.39 is 10.8 Å². The maximum atomic E-state index is 2.53. The van der Waals surface area contributed by atoms with E-state index in [4.69, 9.17) is 0 Å². The lowest BCUT2D eigenvalue weighted by Crippen LogP contribution is -2.33. The smallest absolute Gasteiger partial charge is 0.0754 e. The number of hydrogen-bond acceptors (Lipinski definition) is 1. The molecule has 2 nitrogen and oxygen atoms in total. The van der Waals surface area contributed by atoms with Gasteiger partial charge in [-0.05, 0) is 143 Å². The van der Waals surface area contributed by atoms with Crippen molar-refractivity contribution in [3.8, 4) is 50.2 Å². The molecule has 3 aliphatic carbocycles. The predicted molar refractivity (Wildman–Crippen MR) is 306 cm³/mol. The Morgan fingerprint density at radius 3 is 1.47 bits per heavy atom. The quantitative estimate of drug-likeness (QED) is 0.171. The molecule has 2 heteroatoms. The molecule has 0 saturated carbocycles. The maximum Gasteiger partial charge on any atom is 0.0754 e. The average Bonchev–Trinajstić information content (AvgIpc) is 4.23. The van der Waals surface area contributed by atoms with Crippen LogP contribution in [0.4, 0.5) is 17.1 Å². The van der Waals surface area contributed by atoms with E-state index in [0.717, 1.165) is 17.1 Å². The Morgan fingerprint density at radius 1 is 0.284 bits per heavy atom. The Morgan fingerprint density at radius 2 is 0.757 bits per heavy atom. The standard InChI is InChI=1S/C72H44N2/c1-2-22-50-45(18-1)19-16-37-67(50)73(49-39-41-56-54-26-5-10-31-61(54)71(66(56)44-49)59-29-8-3-23-51(59)52-24-4-9-30-60(52)71)48-21-15-20-46(42-48)47-38-40-55-53-25-6-11-32-62(53)72(65(55)43-47)63-33-12-14-36-69(63)74-68-35-13-7-27-57(68)58-28-17-34-64(72)70(58)74/h1-44H. The van der Waals surface area contributed by atoms with Gasteiger partial charge in [-0.2, -0.15) is 0 Å². The van der Waals surface area contributed by atoms with Crippen molar-refractivity contribution in [1.29, 1.82) is 0 Å². The first-order valence-electron chi connectivity index (χ1n) is 25.9. The molecule has 13 aromatic rings. The molecule has 0 radical (unpaired) electrons. The van der Waals surface area contributed by atoms with Gasteiger partial charge in [-0.3, -0.25) is 0 Å². The first-order valence-corrected chi connectivity index (χ1v) is 25.9. The van der Waals surface area contributed by atoms with Gasteiger partial charge in [0.05, 0.1) is 33.2 Å². The summed E-state index contributed by atoms with van der Waals surface area (Å²) in [5, 5.41) is 4.98. The van der Waals surface area contributed by atoms with Gasteiger partial charge in [-0.1, -0.05) is 218 Å².